The fraction of sp³-hybridized carbons (Fsp3) is 0.310. The highest BCUT2D eigenvalue weighted by molar-refractivity contribution is 5.97. The van der Waals surface area contributed by atoms with Crippen molar-refractivity contribution in [3.05, 3.63) is 83.4 Å². The molecule has 1 atom stereocenters. The Hall–Kier alpha value is -4.05. The van der Waals surface area contributed by atoms with E-state index in [-0.39, 0.29) is 35.8 Å². The van der Waals surface area contributed by atoms with Crippen LogP contribution in [0.3, 0.4) is 0 Å². The molecule has 7 nitrogen and oxygen atoms in total. The summed E-state index contributed by atoms with van der Waals surface area (Å²) < 4.78 is 47.0. The number of amides is 2. The summed E-state index contributed by atoms with van der Waals surface area (Å²) in [7, 11) is 0. The van der Waals surface area contributed by atoms with Crippen LogP contribution in [0, 0.1) is 0 Å². The summed E-state index contributed by atoms with van der Waals surface area (Å²) in [5.74, 6) is -0.669. The molecular formula is C29H30F3N3O4. The lowest BCUT2D eigenvalue weighted by Gasteiger charge is -2.32. The van der Waals surface area contributed by atoms with Crippen LogP contribution in [0.1, 0.15) is 47.3 Å². The van der Waals surface area contributed by atoms with Crippen molar-refractivity contribution in [2.45, 2.75) is 44.7 Å². The summed E-state index contributed by atoms with van der Waals surface area (Å²) in [6, 6.07) is 18.3. The highest BCUT2D eigenvalue weighted by atomic mass is 19.4. The number of alkyl halides is 3. The molecule has 0 radical (unpaired) electrons. The number of nitrogens with zero attached hydrogens (tertiary/aromatic N) is 1. The van der Waals surface area contributed by atoms with Crippen LogP contribution in [0.25, 0.3) is 11.1 Å². The van der Waals surface area contributed by atoms with E-state index in [0.717, 1.165) is 16.7 Å². The minimum atomic E-state index is -4.76. The highest BCUT2D eigenvalue weighted by Crippen LogP contribution is 2.30. The van der Waals surface area contributed by atoms with Crippen LogP contribution in [0.4, 0.5) is 13.2 Å². The van der Waals surface area contributed by atoms with E-state index < -0.39 is 12.3 Å². The van der Waals surface area contributed by atoms with Crippen LogP contribution in [0.2, 0.25) is 0 Å². The zero-order chi connectivity index (χ0) is 28.2. The van der Waals surface area contributed by atoms with Gasteiger partial charge in [-0.05, 0) is 53.4 Å². The van der Waals surface area contributed by atoms with Crippen molar-refractivity contribution in [2.24, 2.45) is 11.5 Å². The molecule has 0 spiro atoms. The molecule has 206 valence electrons. The summed E-state index contributed by atoms with van der Waals surface area (Å²) in [6.45, 7) is 2.81. The van der Waals surface area contributed by atoms with Crippen LogP contribution in [-0.2, 0) is 11.2 Å². The van der Waals surface area contributed by atoms with Gasteiger partial charge in [-0.2, -0.15) is 0 Å². The van der Waals surface area contributed by atoms with Gasteiger partial charge in [-0.15, -0.1) is 13.2 Å². The Morgan fingerprint density at radius 2 is 1.59 bits per heavy atom. The molecule has 0 aromatic heterocycles. The molecule has 1 heterocycles. The number of hydrogen-bond acceptors (Lipinski definition) is 5. The second-order valence-corrected chi connectivity index (χ2v) is 9.55. The maximum Gasteiger partial charge on any atom is 0.573 e. The summed E-state index contributed by atoms with van der Waals surface area (Å²) in [4.78, 5) is 26.6. The van der Waals surface area contributed by atoms with E-state index in [1.807, 2.05) is 37.3 Å². The van der Waals surface area contributed by atoms with E-state index in [2.05, 4.69) is 4.74 Å². The number of primary amides is 1. The standard InChI is InChI=1S/C29H30F3N3O4/c1-18(33)20-4-6-21(7-5-20)22-8-11-26(25(17-22)28(34)37)38-23-12-14-35(15-13-23)27(36)16-19-2-9-24(10-3-19)39-29(30,31)32/h2-11,17-18,23H,12-16,33H2,1H3,(H2,34,37)/t18-/m1/s1. The van der Waals surface area contributed by atoms with Crippen LogP contribution >= 0.6 is 0 Å². The van der Waals surface area contributed by atoms with Gasteiger partial charge >= 0.3 is 6.36 Å². The van der Waals surface area contributed by atoms with Crippen LogP contribution < -0.4 is 20.9 Å². The number of nitrogens with two attached hydrogens (primary N) is 2. The average Bonchev–Trinajstić information content (AvgIpc) is 2.89. The smallest absolute Gasteiger partial charge is 0.489 e. The van der Waals surface area contributed by atoms with Gasteiger partial charge in [-0.1, -0.05) is 42.5 Å². The van der Waals surface area contributed by atoms with E-state index in [0.29, 0.717) is 37.2 Å². The third kappa shape index (κ3) is 7.51. The van der Waals surface area contributed by atoms with Gasteiger partial charge in [0.2, 0.25) is 5.91 Å². The van der Waals surface area contributed by atoms with Gasteiger partial charge in [0, 0.05) is 32.0 Å². The monoisotopic (exact) mass is 541 g/mol. The molecule has 1 aliphatic heterocycles. The molecule has 0 unspecified atom stereocenters. The van der Waals surface area contributed by atoms with Crippen LogP contribution in [0.15, 0.2) is 66.7 Å². The molecule has 0 aliphatic carbocycles. The Labute approximate surface area is 224 Å². The SMILES string of the molecule is C[C@@H](N)c1ccc(-c2ccc(OC3CCN(C(=O)Cc4ccc(OC(F)(F)F)cc4)CC3)c(C(N)=O)c2)cc1. The second kappa shape index (κ2) is 11.8. The molecule has 4 N–H and O–H groups in total. The van der Waals surface area contributed by atoms with Gasteiger partial charge in [0.05, 0.1) is 12.0 Å². The maximum atomic E-state index is 12.7. The summed E-state index contributed by atoms with van der Waals surface area (Å²) >= 11 is 0. The minimum Gasteiger partial charge on any atom is -0.489 e. The molecule has 0 saturated carbocycles. The highest BCUT2D eigenvalue weighted by Gasteiger charge is 2.31. The second-order valence-electron chi connectivity index (χ2n) is 9.55. The number of piperidine rings is 1. The van der Waals surface area contributed by atoms with Gasteiger partial charge in [0.25, 0.3) is 5.91 Å². The Kier molecular flexibility index (Phi) is 8.44. The Bertz CT molecular complexity index is 1300. The van der Waals surface area contributed by atoms with E-state index >= 15 is 0 Å². The number of likely N-dealkylation sites (tertiary alicyclic amines) is 1. The molecule has 3 aromatic carbocycles. The number of rotatable bonds is 8. The van der Waals surface area contributed by atoms with Gasteiger partial charge in [-0.25, -0.2) is 0 Å². The van der Waals surface area contributed by atoms with Crippen LogP contribution in [0.5, 0.6) is 11.5 Å². The topological polar surface area (TPSA) is 108 Å². The third-order valence-corrected chi connectivity index (χ3v) is 6.62. The first-order chi connectivity index (χ1) is 18.5. The molecular weight excluding hydrogens is 511 g/mol. The Balaban J connectivity index is 1.34. The summed E-state index contributed by atoms with van der Waals surface area (Å²) in [5.41, 5.74) is 15.2. The molecule has 1 fully saturated rings. The fourth-order valence-electron chi connectivity index (χ4n) is 4.48. The largest absolute Gasteiger partial charge is 0.573 e. The third-order valence-electron chi connectivity index (χ3n) is 6.62. The van der Waals surface area contributed by atoms with Crippen molar-refractivity contribution in [2.75, 3.05) is 13.1 Å². The lowest BCUT2D eigenvalue weighted by Crippen LogP contribution is -2.42. The van der Waals surface area contributed by atoms with Crippen molar-refractivity contribution in [3.63, 3.8) is 0 Å². The molecule has 4 rings (SSSR count). The summed E-state index contributed by atoms with van der Waals surface area (Å²) in [5, 5.41) is 0. The lowest BCUT2D eigenvalue weighted by molar-refractivity contribution is -0.274. The van der Waals surface area contributed by atoms with Crippen molar-refractivity contribution in [3.8, 4) is 22.6 Å². The number of ether oxygens (including phenoxy) is 2. The first-order valence-corrected chi connectivity index (χ1v) is 12.6. The molecule has 10 heteroatoms. The number of halogens is 3. The lowest BCUT2D eigenvalue weighted by atomic mass is 9.99. The zero-order valence-electron chi connectivity index (χ0n) is 21.4. The van der Waals surface area contributed by atoms with E-state index in [9.17, 15) is 22.8 Å². The van der Waals surface area contributed by atoms with Crippen molar-refractivity contribution >= 4 is 11.8 Å². The maximum absolute atomic E-state index is 12.7. The number of benzene rings is 3. The number of hydrogen-bond donors (Lipinski definition) is 2. The first-order valence-electron chi connectivity index (χ1n) is 12.6. The van der Waals surface area contributed by atoms with E-state index in [4.69, 9.17) is 16.2 Å². The molecule has 3 aromatic rings. The van der Waals surface area contributed by atoms with E-state index in [1.165, 1.54) is 24.3 Å². The van der Waals surface area contributed by atoms with Gasteiger partial charge in [-0.3, -0.25) is 9.59 Å². The van der Waals surface area contributed by atoms with Crippen molar-refractivity contribution in [1.29, 1.82) is 0 Å². The van der Waals surface area contributed by atoms with Crippen molar-refractivity contribution < 1.29 is 32.2 Å². The molecule has 0 bridgehead atoms. The molecule has 1 aliphatic rings. The zero-order valence-corrected chi connectivity index (χ0v) is 21.4. The summed E-state index contributed by atoms with van der Waals surface area (Å²) in [6.07, 6.45) is -3.79. The average molecular weight is 542 g/mol. The molecule has 2 amide bonds. The predicted octanol–water partition coefficient (Wildman–Crippen LogP) is 4.98. The normalized spacial score (nSPS) is 15.1. The first kappa shape index (κ1) is 28.0. The Morgan fingerprint density at radius 3 is 2.15 bits per heavy atom. The van der Waals surface area contributed by atoms with Crippen molar-refractivity contribution in [1.82, 2.24) is 4.90 Å². The predicted molar refractivity (Wildman–Crippen MR) is 140 cm³/mol. The van der Waals surface area contributed by atoms with E-state index in [1.54, 1.807) is 17.0 Å². The fourth-order valence-corrected chi connectivity index (χ4v) is 4.48. The molecule has 1 saturated heterocycles. The van der Waals surface area contributed by atoms with Gasteiger partial charge in [0.1, 0.15) is 17.6 Å². The number of carbonyl (C=O) groups is 2. The van der Waals surface area contributed by atoms with Gasteiger partial charge in [0.15, 0.2) is 0 Å². The quantitative estimate of drug-likeness (QED) is 0.418. The van der Waals surface area contributed by atoms with Crippen LogP contribution in [-0.4, -0.2) is 42.3 Å². The molecule has 39 heavy (non-hydrogen) atoms. The van der Waals surface area contributed by atoms with Gasteiger partial charge < -0.3 is 25.8 Å². The number of carbonyl (C=O) groups excluding carboxylic acids is 2. The minimum absolute atomic E-state index is 0.0658. The Morgan fingerprint density at radius 1 is 0.974 bits per heavy atom.